The molecule has 0 aliphatic heterocycles. The smallest absolute Gasteiger partial charge is 0.221 e. The van der Waals surface area contributed by atoms with Crippen molar-refractivity contribution in [2.45, 2.75) is 19.9 Å². The SMILES string of the molecule is CCNC(=O)CCn1ccc2ccccc21. The molecule has 0 spiro atoms. The number of carbonyl (C=O) groups excluding carboxylic acids is 1. The first-order chi connectivity index (χ1) is 7.81. The largest absolute Gasteiger partial charge is 0.356 e. The molecule has 1 amide bonds. The van der Waals surface area contributed by atoms with Gasteiger partial charge in [-0.15, -0.1) is 0 Å². The molecule has 3 nitrogen and oxygen atoms in total. The van der Waals surface area contributed by atoms with Gasteiger partial charge in [0.25, 0.3) is 0 Å². The maximum atomic E-state index is 11.3. The summed E-state index contributed by atoms with van der Waals surface area (Å²) in [4.78, 5) is 11.3. The molecular weight excluding hydrogens is 200 g/mol. The molecule has 84 valence electrons. The minimum Gasteiger partial charge on any atom is -0.356 e. The van der Waals surface area contributed by atoms with Gasteiger partial charge in [0.05, 0.1) is 0 Å². The van der Waals surface area contributed by atoms with Crippen molar-refractivity contribution >= 4 is 16.8 Å². The second-order valence-electron chi connectivity index (χ2n) is 3.77. The zero-order chi connectivity index (χ0) is 11.4. The van der Waals surface area contributed by atoms with Gasteiger partial charge >= 0.3 is 0 Å². The standard InChI is InChI=1S/C13H16N2O/c1-2-14-13(16)8-10-15-9-7-11-5-3-4-6-12(11)15/h3-7,9H,2,8,10H2,1H3,(H,14,16). The molecule has 0 saturated heterocycles. The number of rotatable bonds is 4. The van der Waals surface area contributed by atoms with Crippen molar-refractivity contribution < 1.29 is 4.79 Å². The first-order valence-corrected chi connectivity index (χ1v) is 5.62. The van der Waals surface area contributed by atoms with Crippen LogP contribution < -0.4 is 5.32 Å². The molecule has 0 unspecified atom stereocenters. The van der Waals surface area contributed by atoms with Crippen LogP contribution in [0.3, 0.4) is 0 Å². The van der Waals surface area contributed by atoms with Crippen LogP contribution in [0.25, 0.3) is 10.9 Å². The molecule has 1 aromatic heterocycles. The van der Waals surface area contributed by atoms with E-state index in [0.29, 0.717) is 13.0 Å². The molecule has 1 aromatic carbocycles. The summed E-state index contributed by atoms with van der Waals surface area (Å²) in [5, 5.41) is 4.02. The van der Waals surface area contributed by atoms with Crippen LogP contribution >= 0.6 is 0 Å². The molecule has 0 atom stereocenters. The van der Waals surface area contributed by atoms with Gasteiger partial charge in [-0.3, -0.25) is 4.79 Å². The van der Waals surface area contributed by atoms with Crippen LogP contribution in [0.2, 0.25) is 0 Å². The Morgan fingerprint density at radius 3 is 2.94 bits per heavy atom. The van der Waals surface area contributed by atoms with Crippen molar-refractivity contribution in [3.63, 3.8) is 0 Å². The molecule has 0 fully saturated rings. The fourth-order valence-electron chi connectivity index (χ4n) is 1.84. The van der Waals surface area contributed by atoms with Crippen molar-refractivity contribution in [1.29, 1.82) is 0 Å². The van der Waals surface area contributed by atoms with Gasteiger partial charge in [0.2, 0.25) is 5.91 Å². The van der Waals surface area contributed by atoms with E-state index in [1.807, 2.05) is 25.3 Å². The molecule has 0 saturated carbocycles. The number of hydrogen-bond acceptors (Lipinski definition) is 1. The number of nitrogens with one attached hydrogen (secondary N) is 1. The van der Waals surface area contributed by atoms with Gasteiger partial charge in [-0.25, -0.2) is 0 Å². The summed E-state index contributed by atoms with van der Waals surface area (Å²) in [5.74, 6) is 0.111. The van der Waals surface area contributed by atoms with Gasteiger partial charge in [0.1, 0.15) is 0 Å². The number of fused-ring (bicyclic) bond motifs is 1. The predicted octanol–water partition coefficient (Wildman–Crippen LogP) is 2.17. The number of benzene rings is 1. The van der Waals surface area contributed by atoms with E-state index in [1.165, 1.54) is 10.9 Å². The molecule has 0 bridgehead atoms. The second kappa shape index (κ2) is 4.84. The van der Waals surface area contributed by atoms with E-state index in [2.05, 4.69) is 28.1 Å². The Morgan fingerprint density at radius 1 is 1.31 bits per heavy atom. The summed E-state index contributed by atoms with van der Waals surface area (Å²) in [7, 11) is 0. The first-order valence-electron chi connectivity index (χ1n) is 5.62. The third-order valence-electron chi connectivity index (χ3n) is 2.63. The highest BCUT2D eigenvalue weighted by molar-refractivity contribution is 5.80. The lowest BCUT2D eigenvalue weighted by Gasteiger charge is -2.05. The van der Waals surface area contributed by atoms with Gasteiger partial charge in [-0.05, 0) is 24.4 Å². The fourth-order valence-corrected chi connectivity index (χ4v) is 1.84. The van der Waals surface area contributed by atoms with Crippen LogP contribution in [0.4, 0.5) is 0 Å². The van der Waals surface area contributed by atoms with E-state index in [-0.39, 0.29) is 5.91 Å². The normalized spacial score (nSPS) is 10.6. The molecule has 16 heavy (non-hydrogen) atoms. The monoisotopic (exact) mass is 216 g/mol. The molecule has 1 N–H and O–H groups in total. The molecule has 0 radical (unpaired) electrons. The van der Waals surface area contributed by atoms with Crippen molar-refractivity contribution in [2.24, 2.45) is 0 Å². The number of para-hydroxylation sites is 1. The Kier molecular flexibility index (Phi) is 3.25. The fraction of sp³-hybridized carbons (Fsp3) is 0.308. The lowest BCUT2D eigenvalue weighted by Crippen LogP contribution is -2.23. The van der Waals surface area contributed by atoms with Crippen molar-refractivity contribution in [2.75, 3.05) is 6.54 Å². The van der Waals surface area contributed by atoms with Crippen LogP contribution in [-0.2, 0) is 11.3 Å². The predicted molar refractivity (Wildman–Crippen MR) is 65.2 cm³/mol. The zero-order valence-corrected chi connectivity index (χ0v) is 9.44. The lowest BCUT2D eigenvalue weighted by atomic mass is 10.2. The van der Waals surface area contributed by atoms with Crippen LogP contribution in [0.15, 0.2) is 36.5 Å². The first kappa shape index (κ1) is 10.7. The topological polar surface area (TPSA) is 34.0 Å². The molecule has 1 heterocycles. The van der Waals surface area contributed by atoms with Crippen LogP contribution in [0, 0.1) is 0 Å². The van der Waals surface area contributed by atoms with Crippen molar-refractivity contribution in [3.05, 3.63) is 36.5 Å². The third kappa shape index (κ3) is 2.24. The second-order valence-corrected chi connectivity index (χ2v) is 3.77. The minimum atomic E-state index is 0.111. The van der Waals surface area contributed by atoms with Crippen molar-refractivity contribution in [1.82, 2.24) is 9.88 Å². The van der Waals surface area contributed by atoms with E-state index in [9.17, 15) is 4.79 Å². The zero-order valence-electron chi connectivity index (χ0n) is 9.44. The van der Waals surface area contributed by atoms with Gasteiger partial charge in [-0.2, -0.15) is 0 Å². The number of carbonyl (C=O) groups is 1. The Morgan fingerprint density at radius 2 is 2.12 bits per heavy atom. The molecule has 2 rings (SSSR count). The number of aromatic nitrogens is 1. The Labute approximate surface area is 95.1 Å². The van der Waals surface area contributed by atoms with E-state index < -0.39 is 0 Å². The highest BCUT2D eigenvalue weighted by Gasteiger charge is 2.02. The number of aryl methyl sites for hydroxylation is 1. The minimum absolute atomic E-state index is 0.111. The van der Waals surface area contributed by atoms with Gasteiger partial charge in [0, 0.05) is 31.2 Å². The summed E-state index contributed by atoms with van der Waals surface area (Å²) >= 11 is 0. The Bertz CT molecular complexity index is 487. The average molecular weight is 216 g/mol. The number of amides is 1. The highest BCUT2D eigenvalue weighted by Crippen LogP contribution is 2.15. The maximum absolute atomic E-state index is 11.3. The summed E-state index contributed by atoms with van der Waals surface area (Å²) in [6.45, 7) is 3.37. The third-order valence-corrected chi connectivity index (χ3v) is 2.63. The summed E-state index contributed by atoms with van der Waals surface area (Å²) in [6.07, 6.45) is 2.57. The molecule has 2 aromatic rings. The molecule has 0 aliphatic carbocycles. The maximum Gasteiger partial charge on any atom is 0.221 e. The molecule has 3 heteroatoms. The Hall–Kier alpha value is -1.77. The van der Waals surface area contributed by atoms with E-state index in [1.54, 1.807) is 0 Å². The van der Waals surface area contributed by atoms with E-state index >= 15 is 0 Å². The number of hydrogen-bond donors (Lipinski definition) is 1. The Balaban J connectivity index is 2.07. The van der Waals surface area contributed by atoms with E-state index in [0.717, 1.165) is 6.54 Å². The summed E-state index contributed by atoms with van der Waals surface area (Å²) in [6, 6.07) is 10.3. The van der Waals surface area contributed by atoms with Crippen molar-refractivity contribution in [3.8, 4) is 0 Å². The van der Waals surface area contributed by atoms with Crippen LogP contribution in [0.1, 0.15) is 13.3 Å². The van der Waals surface area contributed by atoms with Gasteiger partial charge in [-0.1, -0.05) is 18.2 Å². The highest BCUT2D eigenvalue weighted by atomic mass is 16.1. The summed E-state index contributed by atoms with van der Waals surface area (Å²) < 4.78 is 2.12. The van der Waals surface area contributed by atoms with Gasteiger partial charge in [0.15, 0.2) is 0 Å². The average Bonchev–Trinajstić information content (AvgIpc) is 2.70. The lowest BCUT2D eigenvalue weighted by molar-refractivity contribution is -0.121. The van der Waals surface area contributed by atoms with Crippen LogP contribution in [-0.4, -0.2) is 17.0 Å². The van der Waals surface area contributed by atoms with Gasteiger partial charge < -0.3 is 9.88 Å². The molecule has 0 aliphatic rings. The number of nitrogens with zero attached hydrogens (tertiary/aromatic N) is 1. The van der Waals surface area contributed by atoms with E-state index in [4.69, 9.17) is 0 Å². The van der Waals surface area contributed by atoms with Crippen LogP contribution in [0.5, 0.6) is 0 Å². The quantitative estimate of drug-likeness (QED) is 0.835. The molecular formula is C13H16N2O. The summed E-state index contributed by atoms with van der Waals surface area (Å²) in [5.41, 5.74) is 1.19.